The van der Waals surface area contributed by atoms with Crippen molar-refractivity contribution in [2.45, 2.75) is 75.3 Å². The highest BCUT2D eigenvalue weighted by molar-refractivity contribution is 7.99. The summed E-state index contributed by atoms with van der Waals surface area (Å²) in [6, 6.07) is 13.3. The molecule has 0 saturated heterocycles. The molecule has 0 spiro atoms. The van der Waals surface area contributed by atoms with Crippen LogP contribution in [0.1, 0.15) is 63.8 Å². The maximum atomic E-state index is 6.00. The lowest BCUT2D eigenvalue weighted by Gasteiger charge is -2.23. The molecule has 3 heteroatoms. The first kappa shape index (κ1) is 20.0. The third kappa shape index (κ3) is 4.87. The van der Waals surface area contributed by atoms with E-state index in [0.717, 1.165) is 0 Å². The van der Waals surface area contributed by atoms with E-state index in [9.17, 15) is 0 Å². The Bertz CT molecular complexity index is 673. The van der Waals surface area contributed by atoms with Crippen LogP contribution in [0.5, 0.6) is 0 Å². The summed E-state index contributed by atoms with van der Waals surface area (Å²) in [5.41, 5.74) is 17.2. The summed E-state index contributed by atoms with van der Waals surface area (Å²) in [6.45, 7) is 14.5. The van der Waals surface area contributed by atoms with Gasteiger partial charge in [0.25, 0.3) is 0 Å². The van der Waals surface area contributed by atoms with Gasteiger partial charge in [-0.3, -0.25) is 0 Å². The van der Waals surface area contributed by atoms with E-state index in [1.807, 2.05) is 0 Å². The van der Waals surface area contributed by atoms with Gasteiger partial charge in [-0.2, -0.15) is 0 Å². The van der Waals surface area contributed by atoms with Crippen molar-refractivity contribution in [2.24, 2.45) is 11.5 Å². The summed E-state index contributed by atoms with van der Waals surface area (Å²) in [4.78, 5) is 2.46. The summed E-state index contributed by atoms with van der Waals surface area (Å²) in [5.74, 6) is 0. The average molecular weight is 357 g/mol. The van der Waals surface area contributed by atoms with E-state index in [1.165, 1.54) is 32.0 Å². The Hall–Kier alpha value is -1.29. The first-order valence-electron chi connectivity index (χ1n) is 8.91. The zero-order chi connectivity index (χ0) is 18.8. The van der Waals surface area contributed by atoms with Gasteiger partial charge in [0.2, 0.25) is 0 Å². The summed E-state index contributed by atoms with van der Waals surface area (Å²) in [6.07, 6.45) is 0. The van der Waals surface area contributed by atoms with Crippen molar-refractivity contribution in [2.75, 3.05) is 0 Å². The van der Waals surface area contributed by atoms with E-state index in [1.54, 1.807) is 11.8 Å². The lowest BCUT2D eigenvalue weighted by atomic mass is 9.86. The van der Waals surface area contributed by atoms with Crippen LogP contribution in [0.15, 0.2) is 46.2 Å². The van der Waals surface area contributed by atoms with Crippen LogP contribution in [-0.2, 0) is 23.9 Å². The van der Waals surface area contributed by atoms with Crippen LogP contribution in [0.25, 0.3) is 0 Å². The van der Waals surface area contributed by atoms with Crippen LogP contribution < -0.4 is 11.5 Å². The van der Waals surface area contributed by atoms with Crippen LogP contribution in [-0.4, -0.2) is 0 Å². The Morgan fingerprint density at radius 3 is 1.32 bits per heavy atom. The van der Waals surface area contributed by atoms with E-state index in [4.69, 9.17) is 11.5 Å². The molecule has 0 heterocycles. The smallest absolute Gasteiger partial charge is 0.0189 e. The zero-order valence-electron chi connectivity index (χ0n) is 16.4. The van der Waals surface area contributed by atoms with Gasteiger partial charge < -0.3 is 11.5 Å². The molecule has 2 rings (SSSR count). The molecular weight excluding hydrogens is 324 g/mol. The van der Waals surface area contributed by atoms with Gasteiger partial charge in [-0.15, -0.1) is 0 Å². The molecule has 136 valence electrons. The van der Waals surface area contributed by atoms with Crippen molar-refractivity contribution in [3.8, 4) is 0 Å². The number of hydrogen-bond donors (Lipinski definition) is 2. The van der Waals surface area contributed by atoms with Gasteiger partial charge in [0.1, 0.15) is 0 Å². The van der Waals surface area contributed by atoms with Crippen molar-refractivity contribution in [1.29, 1.82) is 0 Å². The molecule has 0 fully saturated rings. The topological polar surface area (TPSA) is 52.0 Å². The summed E-state index contributed by atoms with van der Waals surface area (Å²) >= 11 is 1.79. The van der Waals surface area contributed by atoms with Gasteiger partial charge in [0.05, 0.1) is 0 Å². The average Bonchev–Trinajstić information content (AvgIpc) is 2.53. The van der Waals surface area contributed by atoms with E-state index in [2.05, 4.69) is 77.9 Å². The van der Waals surface area contributed by atoms with Crippen molar-refractivity contribution >= 4 is 11.8 Å². The highest BCUT2D eigenvalue weighted by atomic mass is 32.2. The minimum atomic E-state index is 0.117. The number of rotatable bonds is 4. The Morgan fingerprint density at radius 1 is 0.680 bits per heavy atom. The molecule has 0 aliphatic rings. The van der Waals surface area contributed by atoms with Crippen molar-refractivity contribution in [3.05, 3.63) is 58.7 Å². The highest BCUT2D eigenvalue weighted by Crippen LogP contribution is 2.37. The molecule has 0 amide bonds. The fourth-order valence-corrected chi connectivity index (χ4v) is 3.86. The molecule has 25 heavy (non-hydrogen) atoms. The molecule has 2 aromatic carbocycles. The molecular formula is C22H32N2S. The van der Waals surface area contributed by atoms with Gasteiger partial charge in [-0.1, -0.05) is 77.6 Å². The van der Waals surface area contributed by atoms with Crippen molar-refractivity contribution in [1.82, 2.24) is 0 Å². The standard InChI is InChI=1S/C22H32N2S/c1-21(2,3)17-9-7-15(13-23)19(11-17)25-20-12-18(22(4,5)6)10-8-16(20)14-24/h7-12H,13-14,23-24H2,1-6H3. The minimum Gasteiger partial charge on any atom is -0.326 e. The Balaban J connectivity index is 2.51. The predicted octanol–water partition coefficient (Wildman–Crippen LogP) is 5.35. The molecule has 0 bridgehead atoms. The molecule has 0 saturated carbocycles. The fraction of sp³-hybridized carbons (Fsp3) is 0.455. The monoisotopic (exact) mass is 356 g/mol. The number of nitrogens with two attached hydrogens (primary N) is 2. The molecule has 0 aliphatic heterocycles. The number of hydrogen-bond acceptors (Lipinski definition) is 3. The maximum absolute atomic E-state index is 6.00. The van der Waals surface area contributed by atoms with Crippen LogP contribution in [0, 0.1) is 0 Å². The summed E-state index contributed by atoms with van der Waals surface area (Å²) < 4.78 is 0. The molecule has 2 aromatic rings. The van der Waals surface area contributed by atoms with E-state index < -0.39 is 0 Å². The molecule has 0 atom stereocenters. The van der Waals surface area contributed by atoms with Crippen LogP contribution in [0.3, 0.4) is 0 Å². The van der Waals surface area contributed by atoms with Crippen LogP contribution in [0.4, 0.5) is 0 Å². The lowest BCUT2D eigenvalue weighted by Crippen LogP contribution is -2.13. The summed E-state index contributed by atoms with van der Waals surface area (Å²) in [7, 11) is 0. The first-order chi connectivity index (χ1) is 11.6. The van der Waals surface area contributed by atoms with Crippen LogP contribution >= 0.6 is 11.8 Å². The van der Waals surface area contributed by atoms with Gasteiger partial charge in [-0.05, 0) is 45.2 Å². The van der Waals surface area contributed by atoms with E-state index >= 15 is 0 Å². The molecule has 2 nitrogen and oxygen atoms in total. The molecule has 0 unspecified atom stereocenters. The van der Waals surface area contributed by atoms with Crippen molar-refractivity contribution < 1.29 is 0 Å². The van der Waals surface area contributed by atoms with Gasteiger partial charge in [0, 0.05) is 22.9 Å². The first-order valence-corrected chi connectivity index (χ1v) is 9.72. The lowest BCUT2D eigenvalue weighted by molar-refractivity contribution is 0.588. The third-order valence-electron chi connectivity index (χ3n) is 4.53. The van der Waals surface area contributed by atoms with E-state index in [0.29, 0.717) is 13.1 Å². The third-order valence-corrected chi connectivity index (χ3v) is 5.73. The number of benzene rings is 2. The van der Waals surface area contributed by atoms with Crippen molar-refractivity contribution in [3.63, 3.8) is 0 Å². The highest BCUT2D eigenvalue weighted by Gasteiger charge is 2.18. The Kier molecular flexibility index (Phi) is 6.03. The van der Waals surface area contributed by atoms with Crippen LogP contribution in [0.2, 0.25) is 0 Å². The second-order valence-corrected chi connectivity index (χ2v) is 9.74. The fourth-order valence-electron chi connectivity index (χ4n) is 2.69. The van der Waals surface area contributed by atoms with Gasteiger partial charge in [0.15, 0.2) is 0 Å². The Labute approximate surface area is 157 Å². The molecule has 0 aromatic heterocycles. The molecule has 0 aliphatic carbocycles. The Morgan fingerprint density at radius 2 is 1.04 bits per heavy atom. The predicted molar refractivity (Wildman–Crippen MR) is 110 cm³/mol. The zero-order valence-corrected chi connectivity index (χ0v) is 17.3. The van der Waals surface area contributed by atoms with E-state index in [-0.39, 0.29) is 10.8 Å². The maximum Gasteiger partial charge on any atom is 0.0189 e. The quantitative estimate of drug-likeness (QED) is 0.776. The van der Waals surface area contributed by atoms with Gasteiger partial charge >= 0.3 is 0 Å². The SMILES string of the molecule is CC(C)(C)c1ccc(CN)c(Sc2cc(C(C)(C)C)ccc2CN)c1. The second-order valence-electron chi connectivity index (χ2n) is 8.66. The largest absolute Gasteiger partial charge is 0.326 e. The summed E-state index contributed by atoms with van der Waals surface area (Å²) in [5, 5.41) is 0. The molecule has 4 N–H and O–H groups in total. The normalized spacial score (nSPS) is 12.5. The molecule has 0 radical (unpaired) electrons. The van der Waals surface area contributed by atoms with Gasteiger partial charge in [-0.25, -0.2) is 0 Å². The minimum absolute atomic E-state index is 0.117. The second kappa shape index (κ2) is 7.53.